The van der Waals surface area contributed by atoms with Gasteiger partial charge in [0.15, 0.2) is 17.5 Å². The van der Waals surface area contributed by atoms with Crippen LogP contribution in [0.4, 0.5) is 27.8 Å². The van der Waals surface area contributed by atoms with Crippen LogP contribution in [0.25, 0.3) is 32.9 Å². The first-order valence-corrected chi connectivity index (χ1v) is 17.3. The van der Waals surface area contributed by atoms with E-state index in [1.807, 2.05) is 13.1 Å². The molecule has 6 heterocycles. The average Bonchev–Trinajstić information content (AvgIpc) is 3.79. The second-order valence-corrected chi connectivity index (χ2v) is 14.3. The summed E-state index contributed by atoms with van der Waals surface area (Å²) in [5, 5.41) is 0.350. The maximum Gasteiger partial charge on any atom is 0.319 e. The Morgan fingerprint density at radius 2 is 1.92 bits per heavy atom. The van der Waals surface area contributed by atoms with Crippen LogP contribution in [0, 0.1) is 17.5 Å². The van der Waals surface area contributed by atoms with Gasteiger partial charge in [-0.3, -0.25) is 19.6 Å². The molecule has 2 aromatic carbocycles. The maximum atomic E-state index is 16.7. The van der Waals surface area contributed by atoms with Crippen LogP contribution in [-0.4, -0.2) is 119 Å². The summed E-state index contributed by atoms with van der Waals surface area (Å²) >= 11 is 0. The Morgan fingerprint density at radius 1 is 1.08 bits per heavy atom. The van der Waals surface area contributed by atoms with Gasteiger partial charge in [-0.2, -0.15) is 9.97 Å². The van der Waals surface area contributed by atoms with Crippen molar-refractivity contribution in [2.75, 3.05) is 58.3 Å². The summed E-state index contributed by atoms with van der Waals surface area (Å²) in [7, 11) is 3.58. The Hall–Kier alpha value is -4.43. The number of likely N-dealkylation sites (N-methyl/N-ethyl adjacent to an activating group) is 2. The van der Waals surface area contributed by atoms with E-state index < -0.39 is 41.4 Å². The van der Waals surface area contributed by atoms with Crippen molar-refractivity contribution in [1.29, 1.82) is 0 Å². The van der Waals surface area contributed by atoms with E-state index >= 15 is 13.2 Å². The minimum atomic E-state index is -1.45. The SMILES string of the molecule is CN1CC[C@@H]1/C=C/C(=O)N1C[C@H](F)[C@@H](N(C)c2nc(OC[C@@]34CCCN3C[C@H](F)C4)nc3c(F)c(-c4cccc5ccc(F)c(F)c45)ncc23)C1. The number of amides is 1. The van der Waals surface area contributed by atoms with Crippen molar-refractivity contribution in [3.63, 3.8) is 0 Å². The van der Waals surface area contributed by atoms with E-state index in [4.69, 9.17) is 4.74 Å². The average molecular weight is 708 g/mol. The molecule has 0 aliphatic carbocycles. The van der Waals surface area contributed by atoms with Crippen molar-refractivity contribution < 1.29 is 31.5 Å². The lowest BCUT2D eigenvalue weighted by Crippen LogP contribution is -2.43. The highest BCUT2D eigenvalue weighted by molar-refractivity contribution is 5.99. The monoisotopic (exact) mass is 707 g/mol. The summed E-state index contributed by atoms with van der Waals surface area (Å²) in [5.74, 6) is -3.33. The van der Waals surface area contributed by atoms with E-state index in [1.54, 1.807) is 24.1 Å². The lowest BCUT2D eigenvalue weighted by atomic mass is 9.95. The molecule has 268 valence electrons. The number of carbonyl (C=O) groups is 1. The summed E-state index contributed by atoms with van der Waals surface area (Å²) in [6, 6.07) is 6.16. The van der Waals surface area contributed by atoms with Crippen LogP contribution < -0.4 is 9.64 Å². The fourth-order valence-corrected chi connectivity index (χ4v) is 8.22. The second kappa shape index (κ2) is 13.0. The Bertz CT molecular complexity index is 2050. The number of nitrogens with zero attached hydrogens (tertiary/aromatic N) is 7. The van der Waals surface area contributed by atoms with Gasteiger partial charge in [-0.05, 0) is 44.3 Å². The van der Waals surface area contributed by atoms with Gasteiger partial charge in [0.25, 0.3) is 0 Å². The zero-order valence-electron chi connectivity index (χ0n) is 28.3. The molecule has 0 N–H and O–H groups in total. The maximum absolute atomic E-state index is 16.7. The molecule has 1 amide bonds. The molecule has 0 radical (unpaired) electrons. The van der Waals surface area contributed by atoms with Crippen LogP contribution >= 0.6 is 0 Å². The van der Waals surface area contributed by atoms with Gasteiger partial charge in [-0.1, -0.05) is 30.3 Å². The summed E-state index contributed by atoms with van der Waals surface area (Å²) < 4.78 is 82.7. The number of halogens is 5. The molecule has 9 nitrogen and oxygen atoms in total. The van der Waals surface area contributed by atoms with Gasteiger partial charge in [0, 0.05) is 62.4 Å². The predicted octanol–water partition coefficient (Wildman–Crippen LogP) is 5.46. The number of anilines is 1. The molecule has 5 atom stereocenters. The molecular weight excluding hydrogens is 669 g/mol. The topological polar surface area (TPSA) is 77.9 Å². The third-order valence-electron chi connectivity index (χ3n) is 11.2. The quantitative estimate of drug-likeness (QED) is 0.177. The first-order valence-electron chi connectivity index (χ1n) is 17.3. The molecule has 4 aliphatic heterocycles. The van der Waals surface area contributed by atoms with Crippen molar-refractivity contribution >= 4 is 33.4 Å². The Labute approximate surface area is 291 Å². The van der Waals surface area contributed by atoms with Crippen molar-refractivity contribution in [3.8, 4) is 17.3 Å². The fraction of sp³-hybridized carbons (Fsp3) is 0.459. The number of fused-ring (bicyclic) bond motifs is 3. The lowest BCUT2D eigenvalue weighted by molar-refractivity contribution is -0.125. The van der Waals surface area contributed by atoms with Crippen LogP contribution in [0.1, 0.15) is 25.7 Å². The summed E-state index contributed by atoms with van der Waals surface area (Å²) in [6.45, 7) is 1.98. The highest BCUT2D eigenvalue weighted by atomic mass is 19.2. The zero-order chi connectivity index (χ0) is 35.6. The van der Waals surface area contributed by atoms with E-state index in [0.29, 0.717) is 18.4 Å². The van der Waals surface area contributed by atoms with Gasteiger partial charge < -0.3 is 14.5 Å². The summed E-state index contributed by atoms with van der Waals surface area (Å²) in [6.07, 6.45) is 5.05. The number of carbonyl (C=O) groups excluding carboxylic acids is 1. The standard InChI is InChI=1S/C37H38F5N7O2/c1-46-14-11-23(46)8-10-29(50)48-18-27(40)28(19-48)47(2)35-25-16-43-33(24-6-3-5-21-7-9-26(39)31(41)30(21)24)32(42)34(25)44-36(45-35)51-20-37-12-4-13-49(37)17-22(38)15-37/h3,5-10,16,22-23,27-28H,4,11-15,17-20H2,1-2H3/b10-8+/t22-,23+,27+,28+,37+/m1/s1. The minimum absolute atomic E-state index is 0.0234. The van der Waals surface area contributed by atoms with Gasteiger partial charge >= 0.3 is 6.01 Å². The molecule has 14 heteroatoms. The van der Waals surface area contributed by atoms with E-state index in [0.717, 1.165) is 38.4 Å². The molecule has 2 aromatic heterocycles. The van der Waals surface area contributed by atoms with Gasteiger partial charge in [-0.15, -0.1) is 0 Å². The molecule has 8 rings (SSSR count). The predicted molar refractivity (Wildman–Crippen MR) is 183 cm³/mol. The lowest BCUT2D eigenvalue weighted by Gasteiger charge is -2.35. The summed E-state index contributed by atoms with van der Waals surface area (Å²) in [5.41, 5.74) is -1.01. The molecule has 4 saturated heterocycles. The third kappa shape index (κ3) is 5.85. The highest BCUT2D eigenvalue weighted by Gasteiger charge is 2.49. The van der Waals surface area contributed by atoms with E-state index in [9.17, 15) is 13.6 Å². The number of likely N-dealkylation sites (tertiary alicyclic amines) is 2. The van der Waals surface area contributed by atoms with Gasteiger partial charge in [-0.25, -0.2) is 22.0 Å². The van der Waals surface area contributed by atoms with Crippen LogP contribution in [-0.2, 0) is 4.79 Å². The third-order valence-corrected chi connectivity index (χ3v) is 11.2. The summed E-state index contributed by atoms with van der Waals surface area (Å²) in [4.78, 5) is 33.6. The number of hydrogen-bond donors (Lipinski definition) is 0. The van der Waals surface area contributed by atoms with Crippen LogP contribution in [0.15, 0.2) is 48.7 Å². The van der Waals surface area contributed by atoms with Crippen molar-refractivity contribution in [1.82, 2.24) is 29.7 Å². The number of hydrogen-bond acceptors (Lipinski definition) is 8. The number of alkyl halides is 2. The van der Waals surface area contributed by atoms with Gasteiger partial charge in [0.05, 0.1) is 23.5 Å². The number of benzene rings is 2. The van der Waals surface area contributed by atoms with Crippen molar-refractivity contribution in [2.45, 2.75) is 55.6 Å². The number of rotatable bonds is 8. The minimum Gasteiger partial charge on any atom is -0.461 e. The Balaban J connectivity index is 1.17. The highest BCUT2D eigenvalue weighted by Crippen LogP contribution is 2.41. The van der Waals surface area contributed by atoms with E-state index in [-0.39, 0.29) is 71.0 Å². The van der Waals surface area contributed by atoms with Crippen LogP contribution in [0.5, 0.6) is 6.01 Å². The normalized spacial score (nSPS) is 26.8. The molecule has 4 fully saturated rings. The van der Waals surface area contributed by atoms with Crippen LogP contribution in [0.2, 0.25) is 0 Å². The smallest absolute Gasteiger partial charge is 0.319 e. The molecule has 4 aromatic rings. The number of aromatic nitrogens is 3. The molecule has 0 spiro atoms. The number of pyridine rings is 1. The van der Waals surface area contributed by atoms with Gasteiger partial charge in [0.2, 0.25) is 5.91 Å². The molecule has 0 bridgehead atoms. The Morgan fingerprint density at radius 3 is 2.71 bits per heavy atom. The van der Waals surface area contributed by atoms with Gasteiger partial charge in [0.1, 0.15) is 36.0 Å². The molecule has 0 unspecified atom stereocenters. The van der Waals surface area contributed by atoms with E-state index in [2.05, 4.69) is 24.8 Å². The zero-order valence-corrected chi connectivity index (χ0v) is 28.3. The fourth-order valence-electron chi connectivity index (χ4n) is 8.22. The molecular formula is C37H38F5N7O2. The Kier molecular flexibility index (Phi) is 8.56. The van der Waals surface area contributed by atoms with Crippen LogP contribution in [0.3, 0.4) is 0 Å². The molecule has 0 saturated carbocycles. The number of ether oxygens (including phenoxy) is 1. The molecule has 4 aliphatic rings. The van der Waals surface area contributed by atoms with E-state index in [1.165, 1.54) is 29.3 Å². The van der Waals surface area contributed by atoms with Crippen molar-refractivity contribution in [2.24, 2.45) is 0 Å². The van der Waals surface area contributed by atoms with Crippen molar-refractivity contribution in [3.05, 3.63) is 66.1 Å². The second-order valence-electron chi connectivity index (χ2n) is 14.3. The molecule has 51 heavy (non-hydrogen) atoms. The first kappa shape index (κ1) is 33.7. The largest absolute Gasteiger partial charge is 0.461 e. The first-order chi connectivity index (χ1) is 24.5.